The van der Waals surface area contributed by atoms with Gasteiger partial charge in [0.1, 0.15) is 0 Å². The van der Waals surface area contributed by atoms with E-state index in [-0.39, 0.29) is 0 Å². The van der Waals surface area contributed by atoms with Gasteiger partial charge in [-0.25, -0.2) is 0 Å². The van der Waals surface area contributed by atoms with Crippen molar-refractivity contribution in [2.24, 2.45) is 0 Å². The SMILES string of the molecule is CN(C)c1ccc2c(c1)NC[C@H]1CSCN21. The van der Waals surface area contributed by atoms with Gasteiger partial charge in [-0.15, -0.1) is 11.8 Å². The Kier molecular flexibility index (Phi) is 2.39. The van der Waals surface area contributed by atoms with Crippen LogP contribution < -0.4 is 15.1 Å². The molecule has 1 fully saturated rings. The maximum atomic E-state index is 3.55. The number of nitrogens with zero attached hydrogens (tertiary/aromatic N) is 2. The van der Waals surface area contributed by atoms with Crippen molar-refractivity contribution in [3.63, 3.8) is 0 Å². The molecule has 0 amide bonds. The lowest BCUT2D eigenvalue weighted by atomic mass is 10.1. The van der Waals surface area contributed by atoms with Crippen molar-refractivity contribution < 1.29 is 0 Å². The molecule has 0 radical (unpaired) electrons. The Morgan fingerprint density at radius 3 is 3.12 bits per heavy atom. The molecular formula is C12H17N3S. The molecule has 0 unspecified atom stereocenters. The summed E-state index contributed by atoms with van der Waals surface area (Å²) in [4.78, 5) is 4.67. The van der Waals surface area contributed by atoms with Gasteiger partial charge >= 0.3 is 0 Å². The molecule has 2 aliphatic rings. The zero-order chi connectivity index (χ0) is 11.1. The molecule has 2 heterocycles. The summed E-state index contributed by atoms with van der Waals surface area (Å²) >= 11 is 2.03. The molecule has 1 aromatic rings. The summed E-state index contributed by atoms with van der Waals surface area (Å²) in [7, 11) is 4.16. The molecule has 0 saturated carbocycles. The van der Waals surface area contributed by atoms with E-state index in [1.54, 1.807) is 0 Å². The van der Waals surface area contributed by atoms with E-state index in [4.69, 9.17) is 0 Å². The normalized spacial score (nSPS) is 22.4. The second kappa shape index (κ2) is 3.77. The van der Waals surface area contributed by atoms with Gasteiger partial charge in [-0.1, -0.05) is 0 Å². The minimum atomic E-state index is 0.683. The third-order valence-electron chi connectivity index (χ3n) is 3.32. The molecule has 0 aromatic heterocycles. The van der Waals surface area contributed by atoms with Gasteiger partial charge in [-0.05, 0) is 18.2 Å². The van der Waals surface area contributed by atoms with Crippen molar-refractivity contribution in [2.75, 3.05) is 47.4 Å². The molecule has 86 valence electrons. The number of benzene rings is 1. The highest BCUT2D eigenvalue weighted by atomic mass is 32.2. The number of thioether (sulfide) groups is 1. The first-order valence-electron chi connectivity index (χ1n) is 5.65. The fourth-order valence-corrected chi connectivity index (χ4v) is 3.56. The van der Waals surface area contributed by atoms with E-state index < -0.39 is 0 Å². The third-order valence-corrected chi connectivity index (χ3v) is 4.40. The van der Waals surface area contributed by atoms with E-state index in [0.29, 0.717) is 6.04 Å². The predicted octanol–water partition coefficient (Wildman–Crippen LogP) is 2.06. The standard InChI is InChI=1S/C12H17N3S/c1-14(2)9-3-4-12-11(5-9)13-6-10-7-16-8-15(10)12/h3-5,10,13H,6-8H2,1-2H3/t10-/m0/s1. The van der Waals surface area contributed by atoms with Crippen LogP contribution in [0.2, 0.25) is 0 Å². The minimum absolute atomic E-state index is 0.683. The van der Waals surface area contributed by atoms with Gasteiger partial charge in [-0.3, -0.25) is 0 Å². The summed E-state index contributed by atoms with van der Waals surface area (Å²) in [6.07, 6.45) is 0. The smallest absolute Gasteiger partial charge is 0.0645 e. The first kappa shape index (κ1) is 10.1. The zero-order valence-corrected chi connectivity index (χ0v) is 10.5. The van der Waals surface area contributed by atoms with E-state index in [1.807, 2.05) is 11.8 Å². The first-order chi connectivity index (χ1) is 7.75. The Balaban J connectivity index is 1.99. The molecule has 1 N–H and O–H groups in total. The van der Waals surface area contributed by atoms with Crippen LogP contribution >= 0.6 is 11.8 Å². The Hall–Kier alpha value is -1.03. The Bertz CT molecular complexity index is 405. The van der Waals surface area contributed by atoms with Gasteiger partial charge in [0, 0.05) is 32.1 Å². The van der Waals surface area contributed by atoms with Crippen LogP contribution in [-0.2, 0) is 0 Å². The lowest BCUT2D eigenvalue weighted by Crippen LogP contribution is -2.40. The molecule has 16 heavy (non-hydrogen) atoms. The molecule has 2 aliphatic heterocycles. The van der Waals surface area contributed by atoms with E-state index in [0.717, 1.165) is 12.4 Å². The minimum Gasteiger partial charge on any atom is -0.381 e. The van der Waals surface area contributed by atoms with Crippen molar-refractivity contribution in [1.82, 2.24) is 0 Å². The van der Waals surface area contributed by atoms with Crippen LogP contribution in [0.3, 0.4) is 0 Å². The highest BCUT2D eigenvalue weighted by Crippen LogP contribution is 2.38. The maximum Gasteiger partial charge on any atom is 0.0645 e. The summed E-state index contributed by atoms with van der Waals surface area (Å²) in [5, 5.41) is 3.55. The van der Waals surface area contributed by atoms with E-state index in [2.05, 4.69) is 47.4 Å². The average Bonchev–Trinajstić information content (AvgIpc) is 2.76. The Labute approximate surface area is 101 Å². The van der Waals surface area contributed by atoms with Gasteiger partial charge < -0.3 is 15.1 Å². The number of anilines is 3. The largest absolute Gasteiger partial charge is 0.381 e. The van der Waals surface area contributed by atoms with E-state index >= 15 is 0 Å². The molecule has 0 aliphatic carbocycles. The van der Waals surface area contributed by atoms with Crippen LogP contribution in [-0.4, -0.2) is 38.3 Å². The van der Waals surface area contributed by atoms with Gasteiger partial charge in [0.15, 0.2) is 0 Å². The summed E-state index contributed by atoms with van der Waals surface area (Å²) in [5.74, 6) is 2.39. The lowest BCUT2D eigenvalue weighted by molar-refractivity contribution is 0.722. The van der Waals surface area contributed by atoms with E-state index in [9.17, 15) is 0 Å². The molecule has 1 saturated heterocycles. The monoisotopic (exact) mass is 235 g/mol. The van der Waals surface area contributed by atoms with Crippen molar-refractivity contribution in [3.8, 4) is 0 Å². The zero-order valence-electron chi connectivity index (χ0n) is 9.73. The molecule has 3 nitrogen and oxygen atoms in total. The first-order valence-corrected chi connectivity index (χ1v) is 6.81. The number of hydrogen-bond donors (Lipinski definition) is 1. The van der Waals surface area contributed by atoms with Crippen LogP contribution in [0.15, 0.2) is 18.2 Å². The second-order valence-electron chi connectivity index (χ2n) is 4.60. The maximum absolute atomic E-state index is 3.55. The van der Waals surface area contributed by atoms with Gasteiger partial charge in [0.2, 0.25) is 0 Å². The Morgan fingerprint density at radius 2 is 2.31 bits per heavy atom. The summed E-state index contributed by atoms with van der Waals surface area (Å²) in [6.45, 7) is 1.08. The summed E-state index contributed by atoms with van der Waals surface area (Å²) in [6, 6.07) is 7.37. The van der Waals surface area contributed by atoms with Crippen LogP contribution in [0.5, 0.6) is 0 Å². The predicted molar refractivity (Wildman–Crippen MR) is 72.9 cm³/mol. The van der Waals surface area contributed by atoms with Crippen molar-refractivity contribution in [2.45, 2.75) is 6.04 Å². The van der Waals surface area contributed by atoms with Crippen molar-refractivity contribution in [1.29, 1.82) is 0 Å². The van der Waals surface area contributed by atoms with Crippen LogP contribution in [0.4, 0.5) is 17.1 Å². The highest BCUT2D eigenvalue weighted by Gasteiger charge is 2.30. The number of nitrogens with one attached hydrogen (secondary N) is 1. The van der Waals surface area contributed by atoms with Gasteiger partial charge in [-0.2, -0.15) is 0 Å². The topological polar surface area (TPSA) is 18.5 Å². The molecule has 1 aromatic carbocycles. The molecule has 1 atom stereocenters. The molecule has 0 bridgehead atoms. The number of fused-ring (bicyclic) bond motifs is 3. The van der Waals surface area contributed by atoms with Gasteiger partial charge in [0.25, 0.3) is 0 Å². The van der Waals surface area contributed by atoms with Crippen molar-refractivity contribution in [3.05, 3.63) is 18.2 Å². The average molecular weight is 235 g/mol. The molecule has 3 rings (SSSR count). The van der Waals surface area contributed by atoms with E-state index in [1.165, 1.54) is 22.8 Å². The molecular weight excluding hydrogens is 218 g/mol. The molecule has 0 spiro atoms. The third kappa shape index (κ3) is 1.52. The quantitative estimate of drug-likeness (QED) is 0.802. The lowest BCUT2D eigenvalue weighted by Gasteiger charge is -2.34. The van der Waals surface area contributed by atoms with Crippen molar-refractivity contribution >= 4 is 28.8 Å². The fourth-order valence-electron chi connectivity index (χ4n) is 2.34. The van der Waals surface area contributed by atoms with Crippen LogP contribution in [0.25, 0.3) is 0 Å². The van der Waals surface area contributed by atoms with Crippen LogP contribution in [0, 0.1) is 0 Å². The summed E-state index contributed by atoms with van der Waals surface area (Å²) < 4.78 is 0. The number of hydrogen-bond acceptors (Lipinski definition) is 4. The highest BCUT2D eigenvalue weighted by molar-refractivity contribution is 7.99. The summed E-state index contributed by atoms with van der Waals surface area (Å²) in [5.41, 5.74) is 3.91. The second-order valence-corrected chi connectivity index (χ2v) is 5.60. The fraction of sp³-hybridized carbons (Fsp3) is 0.500. The van der Waals surface area contributed by atoms with Gasteiger partial charge in [0.05, 0.1) is 23.3 Å². The number of rotatable bonds is 1. The Morgan fingerprint density at radius 1 is 1.44 bits per heavy atom. The van der Waals surface area contributed by atoms with Crippen LogP contribution in [0.1, 0.15) is 0 Å². The molecule has 4 heteroatoms.